The summed E-state index contributed by atoms with van der Waals surface area (Å²) in [6.45, 7) is 1.07. The zero-order chi connectivity index (χ0) is 15.4. The van der Waals surface area contributed by atoms with Crippen LogP contribution in [0.1, 0.15) is 0 Å². The van der Waals surface area contributed by atoms with Crippen LogP contribution in [-0.4, -0.2) is 28.1 Å². The number of nitrogens with zero attached hydrogens (tertiary/aromatic N) is 3. The van der Waals surface area contributed by atoms with Crippen LogP contribution in [0.3, 0.4) is 0 Å². The van der Waals surface area contributed by atoms with Gasteiger partial charge in [0.05, 0.1) is 11.9 Å². The Bertz CT molecular complexity index is 796. The number of hydrogen-bond acceptors (Lipinski definition) is 6. The van der Waals surface area contributed by atoms with Crippen molar-refractivity contribution in [3.63, 3.8) is 0 Å². The summed E-state index contributed by atoms with van der Waals surface area (Å²) in [7, 11) is 0. The number of ether oxygens (including phenoxy) is 1. The van der Waals surface area contributed by atoms with Gasteiger partial charge in [-0.05, 0) is 30.3 Å². The molecule has 0 bridgehead atoms. The first-order chi connectivity index (χ1) is 10.7. The third-order valence-corrected chi connectivity index (χ3v) is 3.21. The van der Waals surface area contributed by atoms with E-state index in [0.717, 1.165) is 11.1 Å². The SMILES string of the molecule is Nc1ccc2c(NCCOc3cccc(Cl)c3)ncnc2n1. The van der Waals surface area contributed by atoms with Gasteiger partial charge < -0.3 is 15.8 Å². The number of rotatable bonds is 5. The van der Waals surface area contributed by atoms with E-state index in [4.69, 9.17) is 22.1 Å². The van der Waals surface area contributed by atoms with Gasteiger partial charge in [0.2, 0.25) is 0 Å². The highest BCUT2D eigenvalue weighted by Gasteiger charge is 2.04. The fourth-order valence-electron chi connectivity index (χ4n) is 1.99. The van der Waals surface area contributed by atoms with Crippen LogP contribution in [0.2, 0.25) is 5.02 Å². The Labute approximate surface area is 132 Å². The van der Waals surface area contributed by atoms with Crippen LogP contribution >= 0.6 is 11.6 Å². The fourth-order valence-corrected chi connectivity index (χ4v) is 2.17. The number of nitrogens with one attached hydrogen (secondary N) is 1. The summed E-state index contributed by atoms with van der Waals surface area (Å²) >= 11 is 5.90. The molecule has 6 nitrogen and oxygen atoms in total. The molecule has 0 saturated heterocycles. The van der Waals surface area contributed by atoms with Crippen LogP contribution in [-0.2, 0) is 0 Å². The normalized spacial score (nSPS) is 10.6. The Kier molecular flexibility index (Phi) is 4.20. The van der Waals surface area contributed by atoms with E-state index in [1.54, 1.807) is 18.2 Å². The Hall–Kier alpha value is -2.60. The van der Waals surface area contributed by atoms with Crippen LogP contribution in [0.25, 0.3) is 11.0 Å². The van der Waals surface area contributed by atoms with E-state index >= 15 is 0 Å². The molecule has 2 heterocycles. The number of aromatic nitrogens is 3. The van der Waals surface area contributed by atoms with Crippen molar-refractivity contribution in [1.29, 1.82) is 0 Å². The number of hydrogen-bond donors (Lipinski definition) is 2. The molecule has 7 heteroatoms. The topological polar surface area (TPSA) is 86.0 Å². The number of benzene rings is 1. The number of pyridine rings is 1. The molecule has 22 heavy (non-hydrogen) atoms. The molecule has 3 N–H and O–H groups in total. The average Bonchev–Trinajstić information content (AvgIpc) is 2.51. The smallest absolute Gasteiger partial charge is 0.166 e. The van der Waals surface area contributed by atoms with Gasteiger partial charge in [-0.15, -0.1) is 0 Å². The number of nitrogen functional groups attached to an aromatic ring is 1. The Morgan fingerprint density at radius 2 is 2.09 bits per heavy atom. The minimum Gasteiger partial charge on any atom is -0.492 e. The summed E-state index contributed by atoms with van der Waals surface area (Å²) in [5.41, 5.74) is 6.21. The molecule has 3 rings (SSSR count). The standard InChI is InChI=1S/C15H14ClN5O/c16-10-2-1-3-11(8-10)22-7-6-18-14-12-4-5-13(17)21-15(12)20-9-19-14/h1-5,8-9H,6-7H2,(H3,17,18,19,20,21). The van der Waals surface area contributed by atoms with Crippen molar-refractivity contribution in [3.8, 4) is 5.75 Å². The molecule has 0 spiro atoms. The van der Waals surface area contributed by atoms with E-state index in [1.165, 1.54) is 6.33 Å². The van der Waals surface area contributed by atoms with Gasteiger partial charge in [-0.25, -0.2) is 15.0 Å². The minimum atomic E-state index is 0.432. The van der Waals surface area contributed by atoms with Gasteiger partial charge in [0.1, 0.15) is 30.3 Å². The van der Waals surface area contributed by atoms with Crippen molar-refractivity contribution in [2.24, 2.45) is 0 Å². The Morgan fingerprint density at radius 3 is 2.95 bits per heavy atom. The van der Waals surface area contributed by atoms with Crippen molar-refractivity contribution in [1.82, 2.24) is 15.0 Å². The lowest BCUT2D eigenvalue weighted by Gasteiger charge is -2.09. The summed E-state index contributed by atoms with van der Waals surface area (Å²) in [5, 5.41) is 4.67. The van der Waals surface area contributed by atoms with Crippen molar-refractivity contribution in [2.45, 2.75) is 0 Å². The molecule has 0 fully saturated rings. The Morgan fingerprint density at radius 1 is 1.18 bits per heavy atom. The van der Waals surface area contributed by atoms with Crippen molar-refractivity contribution in [2.75, 3.05) is 24.2 Å². The molecule has 0 aliphatic rings. The van der Waals surface area contributed by atoms with Crippen LogP contribution in [0, 0.1) is 0 Å². The second-order valence-electron chi connectivity index (χ2n) is 4.56. The summed E-state index contributed by atoms with van der Waals surface area (Å²) in [6, 6.07) is 10.8. The molecule has 2 aromatic heterocycles. The van der Waals surface area contributed by atoms with Crippen LogP contribution in [0.4, 0.5) is 11.6 Å². The highest BCUT2D eigenvalue weighted by Crippen LogP contribution is 2.19. The van der Waals surface area contributed by atoms with E-state index in [0.29, 0.717) is 35.5 Å². The first-order valence-electron chi connectivity index (χ1n) is 6.72. The third kappa shape index (κ3) is 3.35. The number of fused-ring (bicyclic) bond motifs is 1. The summed E-state index contributed by atoms with van der Waals surface area (Å²) < 4.78 is 5.61. The highest BCUT2D eigenvalue weighted by atomic mass is 35.5. The van der Waals surface area contributed by atoms with Gasteiger partial charge in [-0.1, -0.05) is 17.7 Å². The van der Waals surface area contributed by atoms with Gasteiger partial charge in [0.15, 0.2) is 5.65 Å². The van der Waals surface area contributed by atoms with Gasteiger partial charge in [0, 0.05) is 5.02 Å². The average molecular weight is 316 g/mol. The Balaban J connectivity index is 1.62. The van der Waals surface area contributed by atoms with E-state index in [9.17, 15) is 0 Å². The van der Waals surface area contributed by atoms with Gasteiger partial charge in [-0.3, -0.25) is 0 Å². The van der Waals surface area contributed by atoms with Crippen molar-refractivity contribution in [3.05, 3.63) is 47.7 Å². The molecular weight excluding hydrogens is 302 g/mol. The number of halogens is 1. The van der Waals surface area contributed by atoms with Crippen LogP contribution in [0.15, 0.2) is 42.7 Å². The van der Waals surface area contributed by atoms with Crippen molar-refractivity contribution < 1.29 is 4.74 Å². The predicted molar refractivity (Wildman–Crippen MR) is 87.2 cm³/mol. The number of anilines is 2. The lowest BCUT2D eigenvalue weighted by atomic mass is 10.3. The zero-order valence-electron chi connectivity index (χ0n) is 11.7. The molecular formula is C15H14ClN5O. The number of nitrogens with two attached hydrogens (primary N) is 1. The molecule has 0 amide bonds. The summed E-state index contributed by atoms with van der Waals surface area (Å²) in [6.07, 6.45) is 1.45. The second-order valence-corrected chi connectivity index (χ2v) is 5.00. The maximum Gasteiger partial charge on any atom is 0.166 e. The largest absolute Gasteiger partial charge is 0.492 e. The molecule has 112 valence electrons. The lowest BCUT2D eigenvalue weighted by Crippen LogP contribution is -2.13. The van der Waals surface area contributed by atoms with E-state index in [1.807, 2.05) is 18.2 Å². The molecule has 1 aromatic carbocycles. The van der Waals surface area contributed by atoms with E-state index in [2.05, 4.69) is 20.3 Å². The van der Waals surface area contributed by atoms with Crippen LogP contribution < -0.4 is 15.8 Å². The molecule has 3 aromatic rings. The summed E-state index contributed by atoms with van der Waals surface area (Å²) in [5.74, 6) is 1.87. The molecule has 0 atom stereocenters. The quantitative estimate of drug-likeness (QED) is 0.704. The van der Waals surface area contributed by atoms with Crippen molar-refractivity contribution >= 4 is 34.3 Å². The third-order valence-electron chi connectivity index (χ3n) is 2.98. The first-order valence-corrected chi connectivity index (χ1v) is 7.09. The van der Waals surface area contributed by atoms with E-state index in [-0.39, 0.29) is 0 Å². The lowest BCUT2D eigenvalue weighted by molar-refractivity contribution is 0.333. The molecule has 0 aliphatic carbocycles. The molecule has 0 radical (unpaired) electrons. The van der Waals surface area contributed by atoms with Gasteiger partial charge in [-0.2, -0.15) is 0 Å². The monoisotopic (exact) mass is 315 g/mol. The van der Waals surface area contributed by atoms with Crippen LogP contribution in [0.5, 0.6) is 5.75 Å². The van der Waals surface area contributed by atoms with Gasteiger partial charge in [0.25, 0.3) is 0 Å². The van der Waals surface area contributed by atoms with Gasteiger partial charge >= 0.3 is 0 Å². The molecule has 0 saturated carbocycles. The van der Waals surface area contributed by atoms with E-state index < -0.39 is 0 Å². The maximum absolute atomic E-state index is 5.90. The second kappa shape index (κ2) is 6.44. The minimum absolute atomic E-state index is 0.432. The first kappa shape index (κ1) is 14.3. The fraction of sp³-hybridized carbons (Fsp3) is 0.133. The highest BCUT2D eigenvalue weighted by molar-refractivity contribution is 6.30. The maximum atomic E-state index is 5.90. The predicted octanol–water partition coefficient (Wildman–Crippen LogP) is 2.75. The molecule has 0 unspecified atom stereocenters. The molecule has 0 aliphatic heterocycles. The zero-order valence-corrected chi connectivity index (χ0v) is 12.4. The summed E-state index contributed by atoms with van der Waals surface area (Å²) in [4.78, 5) is 12.5.